The minimum atomic E-state index is -3.23. The van der Waals surface area contributed by atoms with Crippen molar-refractivity contribution in [3.05, 3.63) is 54.6 Å². The Labute approximate surface area is 112 Å². The first-order valence-electron chi connectivity index (χ1n) is 5.25. The number of hydrogen-bond donors (Lipinski definition) is 0. The molecular weight excluding hydrogens is 315 g/mol. The molecule has 3 nitrogen and oxygen atoms in total. The molecule has 0 amide bonds. The second-order valence-corrected chi connectivity index (χ2v) is 9.87. The predicted molar refractivity (Wildman–Crippen MR) is 72.0 cm³/mol. The van der Waals surface area contributed by atoms with Gasteiger partial charge >= 0.3 is 112 Å². The molecule has 0 spiro atoms. The van der Waals surface area contributed by atoms with Crippen LogP contribution in [0.25, 0.3) is 0 Å². The molecule has 0 saturated heterocycles. The predicted octanol–water partition coefficient (Wildman–Crippen LogP) is 1.41. The third-order valence-electron chi connectivity index (χ3n) is 2.30. The first-order valence-corrected chi connectivity index (χ1v) is 9.62. The number of benzene rings is 2. The fourth-order valence-electron chi connectivity index (χ4n) is 1.39. The van der Waals surface area contributed by atoms with E-state index in [4.69, 9.17) is 4.74 Å². The zero-order valence-corrected chi connectivity index (χ0v) is 12.3. The molecular formula is C13H12O3SSe. The van der Waals surface area contributed by atoms with E-state index in [0.717, 1.165) is 4.46 Å². The van der Waals surface area contributed by atoms with Crippen molar-refractivity contribution < 1.29 is 13.2 Å². The molecule has 2 aromatic rings. The molecule has 0 atom stereocenters. The summed E-state index contributed by atoms with van der Waals surface area (Å²) in [7, 11) is -1.68. The van der Waals surface area contributed by atoms with Crippen molar-refractivity contribution in [2.45, 2.75) is 4.90 Å². The van der Waals surface area contributed by atoms with Gasteiger partial charge in [0.25, 0.3) is 0 Å². The Morgan fingerprint density at radius 3 is 2.11 bits per heavy atom. The Balaban J connectivity index is 2.25. The molecule has 18 heavy (non-hydrogen) atoms. The molecule has 0 N–H and O–H groups in total. The van der Waals surface area contributed by atoms with Gasteiger partial charge < -0.3 is 0 Å². The summed E-state index contributed by atoms with van der Waals surface area (Å²) in [6.07, 6.45) is 0. The van der Waals surface area contributed by atoms with Crippen LogP contribution in [-0.4, -0.2) is 29.4 Å². The molecule has 0 aliphatic carbocycles. The maximum atomic E-state index is 12.2. The molecule has 0 bridgehead atoms. The maximum absolute atomic E-state index is 12.2. The van der Waals surface area contributed by atoms with E-state index in [0.29, 0.717) is 10.6 Å². The zero-order valence-electron chi connectivity index (χ0n) is 9.74. The third-order valence-corrected chi connectivity index (χ3v) is 7.93. The van der Waals surface area contributed by atoms with Crippen LogP contribution in [0.5, 0.6) is 5.75 Å². The van der Waals surface area contributed by atoms with Gasteiger partial charge in [-0.25, -0.2) is 0 Å². The molecule has 0 heterocycles. The first-order chi connectivity index (χ1) is 8.62. The summed E-state index contributed by atoms with van der Waals surface area (Å²) in [6, 6.07) is 15.7. The monoisotopic (exact) mass is 328 g/mol. The van der Waals surface area contributed by atoms with Gasteiger partial charge in [0.1, 0.15) is 0 Å². The van der Waals surface area contributed by atoms with Crippen molar-refractivity contribution in [1.29, 1.82) is 0 Å². The Morgan fingerprint density at radius 2 is 1.56 bits per heavy atom. The third kappa shape index (κ3) is 3.13. The Kier molecular flexibility index (Phi) is 4.07. The Bertz CT molecular complexity index is 606. The molecule has 2 aromatic carbocycles. The Hall–Kier alpha value is -1.29. The summed E-state index contributed by atoms with van der Waals surface area (Å²) in [5, 5.41) is 0. The van der Waals surface area contributed by atoms with Gasteiger partial charge in [-0.15, -0.1) is 0 Å². The summed E-state index contributed by atoms with van der Waals surface area (Å²) < 4.78 is 30.2. The van der Waals surface area contributed by atoms with Gasteiger partial charge in [0.2, 0.25) is 0 Å². The fraction of sp³-hybridized carbons (Fsp3) is 0.0769. The van der Waals surface area contributed by atoms with E-state index in [1.54, 1.807) is 31.4 Å². The average molecular weight is 327 g/mol. The van der Waals surface area contributed by atoms with Crippen molar-refractivity contribution in [3.8, 4) is 5.75 Å². The van der Waals surface area contributed by atoms with Crippen LogP contribution in [0.4, 0.5) is 0 Å². The molecule has 0 unspecified atom stereocenters. The first kappa shape index (κ1) is 13.1. The number of methoxy groups -OCH3 is 1. The van der Waals surface area contributed by atoms with Crippen molar-refractivity contribution in [1.82, 2.24) is 0 Å². The molecule has 0 saturated carbocycles. The van der Waals surface area contributed by atoms with E-state index in [1.165, 1.54) is 0 Å². The van der Waals surface area contributed by atoms with Gasteiger partial charge in [-0.05, 0) is 0 Å². The van der Waals surface area contributed by atoms with E-state index in [1.807, 2.05) is 30.3 Å². The SMILES string of the molecule is COc1ccc(S(=O)(=O)[Se]c2ccccc2)cc1. The van der Waals surface area contributed by atoms with Gasteiger partial charge in [-0.2, -0.15) is 0 Å². The Morgan fingerprint density at radius 1 is 0.944 bits per heavy atom. The van der Waals surface area contributed by atoms with E-state index in [9.17, 15) is 8.42 Å². The standard InChI is InChI=1S/C13H12O3SSe/c1-16-11-7-9-12(10-8-11)17(14,15)18-13-5-3-2-4-6-13/h2-10H,1H3. The topological polar surface area (TPSA) is 43.4 Å². The van der Waals surface area contributed by atoms with E-state index in [2.05, 4.69) is 0 Å². The average Bonchev–Trinajstić information content (AvgIpc) is 2.39. The van der Waals surface area contributed by atoms with Crippen LogP contribution >= 0.6 is 0 Å². The van der Waals surface area contributed by atoms with E-state index >= 15 is 0 Å². The van der Waals surface area contributed by atoms with Crippen molar-refractivity contribution >= 4 is 26.6 Å². The van der Waals surface area contributed by atoms with Crippen LogP contribution < -0.4 is 9.20 Å². The van der Waals surface area contributed by atoms with Crippen molar-refractivity contribution in [3.63, 3.8) is 0 Å². The number of ether oxygens (including phenoxy) is 1. The quantitative estimate of drug-likeness (QED) is 0.798. The molecule has 94 valence electrons. The second kappa shape index (κ2) is 5.57. The second-order valence-electron chi connectivity index (χ2n) is 3.53. The normalized spacial score (nSPS) is 11.2. The van der Waals surface area contributed by atoms with E-state index < -0.39 is 22.1 Å². The van der Waals surface area contributed by atoms with Crippen LogP contribution in [-0.2, 0) is 8.26 Å². The van der Waals surface area contributed by atoms with Crippen molar-refractivity contribution in [2.75, 3.05) is 7.11 Å². The fourth-order valence-corrected chi connectivity index (χ4v) is 6.25. The van der Waals surface area contributed by atoms with Crippen LogP contribution in [0.2, 0.25) is 0 Å². The summed E-state index contributed by atoms with van der Waals surface area (Å²) >= 11 is -0.608. The molecule has 5 heteroatoms. The summed E-state index contributed by atoms with van der Waals surface area (Å²) in [6.45, 7) is 0. The van der Waals surface area contributed by atoms with Gasteiger partial charge in [-0.1, -0.05) is 0 Å². The van der Waals surface area contributed by atoms with Gasteiger partial charge in [0.15, 0.2) is 0 Å². The number of rotatable bonds is 4. The van der Waals surface area contributed by atoms with E-state index in [-0.39, 0.29) is 0 Å². The van der Waals surface area contributed by atoms with Crippen LogP contribution in [0.15, 0.2) is 59.5 Å². The molecule has 0 radical (unpaired) electrons. The molecule has 0 aliphatic heterocycles. The van der Waals surface area contributed by atoms with Crippen LogP contribution in [0.3, 0.4) is 0 Å². The molecule has 0 aliphatic rings. The molecule has 0 aromatic heterocycles. The van der Waals surface area contributed by atoms with Crippen LogP contribution in [0, 0.1) is 0 Å². The zero-order chi connectivity index (χ0) is 13.0. The summed E-state index contributed by atoms with van der Waals surface area (Å²) in [4.78, 5) is 0.340. The summed E-state index contributed by atoms with van der Waals surface area (Å²) in [5.41, 5.74) is 0. The molecule has 0 fully saturated rings. The minimum absolute atomic E-state index is 0.340. The van der Waals surface area contributed by atoms with Gasteiger partial charge in [-0.3, -0.25) is 0 Å². The van der Waals surface area contributed by atoms with Crippen molar-refractivity contribution in [2.24, 2.45) is 0 Å². The van der Waals surface area contributed by atoms with Gasteiger partial charge in [0, 0.05) is 0 Å². The van der Waals surface area contributed by atoms with Gasteiger partial charge in [0.05, 0.1) is 0 Å². The van der Waals surface area contributed by atoms with Crippen LogP contribution in [0.1, 0.15) is 0 Å². The summed E-state index contributed by atoms with van der Waals surface area (Å²) in [5.74, 6) is 0.654. The number of hydrogen-bond acceptors (Lipinski definition) is 3. The molecule has 2 rings (SSSR count).